The average molecular weight is 252 g/mol. The number of piperidine rings is 1. The van der Waals surface area contributed by atoms with Gasteiger partial charge in [0.05, 0.1) is 18.8 Å². The van der Waals surface area contributed by atoms with Crippen molar-refractivity contribution in [2.24, 2.45) is 5.92 Å². The minimum Gasteiger partial charge on any atom is -0.374 e. The summed E-state index contributed by atoms with van der Waals surface area (Å²) in [5.41, 5.74) is 0. The Morgan fingerprint density at radius 1 is 1.28 bits per heavy atom. The number of hydrogen-bond acceptors (Lipinski definition) is 3. The highest BCUT2D eigenvalue weighted by atomic mass is 16.5. The molecule has 1 N–H and O–H groups in total. The van der Waals surface area contributed by atoms with Crippen molar-refractivity contribution in [2.45, 2.75) is 50.7 Å². The number of amides is 1. The first-order valence-electron chi connectivity index (χ1n) is 7.46. The van der Waals surface area contributed by atoms with Crippen LogP contribution in [-0.4, -0.2) is 49.2 Å². The number of nitrogens with one attached hydrogen (secondary N) is 1. The third-order valence-electron chi connectivity index (χ3n) is 4.66. The van der Waals surface area contributed by atoms with Gasteiger partial charge in [0.25, 0.3) is 0 Å². The molecule has 2 saturated heterocycles. The Balaban J connectivity index is 1.57. The van der Waals surface area contributed by atoms with Gasteiger partial charge in [0.1, 0.15) is 0 Å². The first-order valence-corrected chi connectivity index (χ1v) is 7.46. The summed E-state index contributed by atoms with van der Waals surface area (Å²) in [6.45, 7) is 3.67. The molecule has 2 heterocycles. The fourth-order valence-corrected chi connectivity index (χ4v) is 3.70. The summed E-state index contributed by atoms with van der Waals surface area (Å²) in [6, 6.07) is 0.378. The Labute approximate surface area is 109 Å². The number of rotatable bonds is 2. The number of carbonyl (C=O) groups excluding carboxylic acids is 1. The largest absolute Gasteiger partial charge is 0.374 e. The van der Waals surface area contributed by atoms with Crippen molar-refractivity contribution >= 4 is 5.91 Å². The van der Waals surface area contributed by atoms with Crippen molar-refractivity contribution in [2.75, 3.05) is 26.2 Å². The summed E-state index contributed by atoms with van der Waals surface area (Å²) >= 11 is 0. The maximum Gasteiger partial charge on any atom is 0.223 e. The zero-order valence-electron chi connectivity index (χ0n) is 11.1. The standard InChI is InChI=1S/C14H24N2O2/c17-14(9-11-3-2-6-15-10-11)16-7-8-18-13-5-1-4-12(13)16/h11-13,15H,1-10H2. The Kier molecular flexibility index (Phi) is 3.85. The van der Waals surface area contributed by atoms with Crippen molar-refractivity contribution in [1.82, 2.24) is 10.2 Å². The van der Waals surface area contributed by atoms with E-state index in [0.29, 0.717) is 24.0 Å². The molecular weight excluding hydrogens is 228 g/mol. The van der Waals surface area contributed by atoms with Crippen LogP contribution in [0.5, 0.6) is 0 Å². The Bertz CT molecular complexity index is 302. The number of ether oxygens (including phenoxy) is 1. The Hall–Kier alpha value is -0.610. The van der Waals surface area contributed by atoms with Crippen LogP contribution in [0.25, 0.3) is 0 Å². The van der Waals surface area contributed by atoms with E-state index in [1.165, 1.54) is 19.3 Å². The molecule has 3 rings (SSSR count). The number of morpholine rings is 1. The number of carbonyl (C=O) groups is 1. The number of fused-ring (bicyclic) bond motifs is 1. The zero-order valence-corrected chi connectivity index (χ0v) is 11.1. The highest BCUT2D eigenvalue weighted by molar-refractivity contribution is 5.77. The van der Waals surface area contributed by atoms with Crippen LogP contribution in [0.1, 0.15) is 38.5 Å². The summed E-state index contributed by atoms with van der Waals surface area (Å²) in [5.74, 6) is 0.915. The molecule has 1 saturated carbocycles. The highest BCUT2D eigenvalue weighted by Gasteiger charge is 2.38. The summed E-state index contributed by atoms with van der Waals surface area (Å²) in [4.78, 5) is 14.6. The van der Waals surface area contributed by atoms with E-state index < -0.39 is 0 Å². The SMILES string of the molecule is O=C(CC1CCCNC1)N1CCOC2CCCC21. The molecule has 1 amide bonds. The molecule has 3 fully saturated rings. The van der Waals surface area contributed by atoms with Crippen LogP contribution in [0, 0.1) is 5.92 Å². The van der Waals surface area contributed by atoms with E-state index in [2.05, 4.69) is 10.2 Å². The van der Waals surface area contributed by atoms with Gasteiger partial charge in [-0.1, -0.05) is 0 Å². The molecule has 4 nitrogen and oxygen atoms in total. The van der Waals surface area contributed by atoms with Gasteiger partial charge in [-0.05, 0) is 51.1 Å². The molecular formula is C14H24N2O2. The third kappa shape index (κ3) is 2.54. The summed E-state index contributed by atoms with van der Waals surface area (Å²) < 4.78 is 5.77. The fraction of sp³-hybridized carbons (Fsp3) is 0.929. The van der Waals surface area contributed by atoms with Crippen molar-refractivity contribution in [3.8, 4) is 0 Å². The van der Waals surface area contributed by atoms with Crippen LogP contribution in [0.15, 0.2) is 0 Å². The van der Waals surface area contributed by atoms with Gasteiger partial charge in [-0.3, -0.25) is 4.79 Å². The molecule has 3 unspecified atom stereocenters. The predicted molar refractivity (Wildman–Crippen MR) is 69.3 cm³/mol. The quantitative estimate of drug-likeness (QED) is 0.802. The number of hydrogen-bond donors (Lipinski definition) is 1. The topological polar surface area (TPSA) is 41.6 Å². The summed E-state index contributed by atoms with van der Waals surface area (Å²) in [5, 5.41) is 3.39. The maximum absolute atomic E-state index is 12.5. The second kappa shape index (κ2) is 5.57. The molecule has 4 heteroatoms. The van der Waals surface area contributed by atoms with E-state index in [9.17, 15) is 4.79 Å². The molecule has 3 atom stereocenters. The normalized spacial score (nSPS) is 36.4. The lowest BCUT2D eigenvalue weighted by Crippen LogP contribution is -2.51. The molecule has 18 heavy (non-hydrogen) atoms. The lowest BCUT2D eigenvalue weighted by molar-refractivity contribution is -0.145. The lowest BCUT2D eigenvalue weighted by Gasteiger charge is -2.38. The van der Waals surface area contributed by atoms with Crippen molar-refractivity contribution in [3.63, 3.8) is 0 Å². The van der Waals surface area contributed by atoms with Crippen molar-refractivity contribution in [3.05, 3.63) is 0 Å². The van der Waals surface area contributed by atoms with Gasteiger partial charge in [0, 0.05) is 13.0 Å². The summed E-state index contributed by atoms with van der Waals surface area (Å²) in [7, 11) is 0. The van der Waals surface area contributed by atoms with Gasteiger partial charge in [-0.25, -0.2) is 0 Å². The Morgan fingerprint density at radius 2 is 2.22 bits per heavy atom. The van der Waals surface area contributed by atoms with Crippen LogP contribution < -0.4 is 5.32 Å². The molecule has 0 aromatic carbocycles. The number of nitrogens with zero attached hydrogens (tertiary/aromatic N) is 1. The van der Waals surface area contributed by atoms with Crippen molar-refractivity contribution in [1.29, 1.82) is 0 Å². The average Bonchev–Trinajstić information content (AvgIpc) is 2.87. The Morgan fingerprint density at radius 3 is 3.06 bits per heavy atom. The molecule has 2 aliphatic heterocycles. The van der Waals surface area contributed by atoms with Gasteiger partial charge < -0.3 is 15.0 Å². The molecule has 0 bridgehead atoms. The molecule has 102 valence electrons. The van der Waals surface area contributed by atoms with Crippen LogP contribution in [0.4, 0.5) is 0 Å². The van der Waals surface area contributed by atoms with E-state index in [1.807, 2.05) is 0 Å². The van der Waals surface area contributed by atoms with Gasteiger partial charge in [-0.2, -0.15) is 0 Å². The van der Waals surface area contributed by atoms with Gasteiger partial charge in [0.15, 0.2) is 0 Å². The second-order valence-electron chi connectivity index (χ2n) is 5.91. The molecule has 1 aliphatic carbocycles. The molecule has 3 aliphatic rings. The lowest BCUT2D eigenvalue weighted by atomic mass is 9.95. The van der Waals surface area contributed by atoms with E-state index in [0.717, 1.165) is 45.5 Å². The summed E-state index contributed by atoms with van der Waals surface area (Å²) in [6.07, 6.45) is 6.97. The second-order valence-corrected chi connectivity index (χ2v) is 5.91. The van der Waals surface area contributed by atoms with E-state index in [1.54, 1.807) is 0 Å². The van der Waals surface area contributed by atoms with Crippen LogP contribution in [0.3, 0.4) is 0 Å². The van der Waals surface area contributed by atoms with Crippen molar-refractivity contribution < 1.29 is 9.53 Å². The van der Waals surface area contributed by atoms with Crippen LogP contribution in [-0.2, 0) is 9.53 Å². The van der Waals surface area contributed by atoms with E-state index in [4.69, 9.17) is 4.74 Å². The minimum absolute atomic E-state index is 0.326. The minimum atomic E-state index is 0.326. The molecule has 0 aromatic heterocycles. The molecule has 0 aromatic rings. The molecule has 0 radical (unpaired) electrons. The van der Waals surface area contributed by atoms with Gasteiger partial charge >= 0.3 is 0 Å². The smallest absolute Gasteiger partial charge is 0.223 e. The van der Waals surface area contributed by atoms with Gasteiger partial charge in [0.2, 0.25) is 5.91 Å². The van der Waals surface area contributed by atoms with Crippen LogP contribution in [0.2, 0.25) is 0 Å². The van der Waals surface area contributed by atoms with E-state index >= 15 is 0 Å². The zero-order chi connectivity index (χ0) is 12.4. The monoisotopic (exact) mass is 252 g/mol. The predicted octanol–water partition coefficient (Wildman–Crippen LogP) is 1.16. The van der Waals surface area contributed by atoms with E-state index in [-0.39, 0.29) is 0 Å². The first-order chi connectivity index (χ1) is 8.84. The maximum atomic E-state index is 12.5. The first kappa shape index (κ1) is 12.4. The fourth-order valence-electron chi connectivity index (χ4n) is 3.70. The van der Waals surface area contributed by atoms with Crippen LogP contribution >= 0.6 is 0 Å². The van der Waals surface area contributed by atoms with Gasteiger partial charge in [-0.15, -0.1) is 0 Å². The third-order valence-corrected chi connectivity index (χ3v) is 4.66. The molecule has 0 spiro atoms. The highest BCUT2D eigenvalue weighted by Crippen LogP contribution is 2.30.